The Morgan fingerprint density at radius 1 is 1.00 bits per heavy atom. The molecule has 4 heteroatoms. The molecule has 0 spiro atoms. The van der Waals surface area contributed by atoms with Gasteiger partial charge >= 0.3 is 0 Å². The number of carbonyl (C=O) groups excluding carboxylic acids is 1. The summed E-state index contributed by atoms with van der Waals surface area (Å²) in [6.07, 6.45) is 0.693. The second kappa shape index (κ2) is 4.01. The number of halogens is 3. The van der Waals surface area contributed by atoms with E-state index in [1.54, 1.807) is 18.2 Å². The summed E-state index contributed by atoms with van der Waals surface area (Å²) in [4.78, 5) is 10.7. The van der Waals surface area contributed by atoms with Crippen molar-refractivity contribution in [3.8, 4) is 0 Å². The van der Waals surface area contributed by atoms with Crippen LogP contribution in [0.5, 0.6) is 0 Å². The molecule has 0 aliphatic heterocycles. The molecule has 0 bridgehead atoms. The SMILES string of the molecule is O=Cc1cc2c(Cl)c(Cl)ccc2cc1Cl. The van der Waals surface area contributed by atoms with Crippen molar-refractivity contribution in [3.63, 3.8) is 0 Å². The zero-order valence-corrected chi connectivity index (χ0v) is 9.70. The molecule has 15 heavy (non-hydrogen) atoms. The predicted molar refractivity (Wildman–Crippen MR) is 64.4 cm³/mol. The van der Waals surface area contributed by atoms with Crippen molar-refractivity contribution in [1.29, 1.82) is 0 Å². The van der Waals surface area contributed by atoms with E-state index in [2.05, 4.69) is 0 Å². The van der Waals surface area contributed by atoms with E-state index in [9.17, 15) is 4.79 Å². The van der Waals surface area contributed by atoms with Crippen LogP contribution in [0.15, 0.2) is 24.3 Å². The van der Waals surface area contributed by atoms with Crippen molar-refractivity contribution in [2.24, 2.45) is 0 Å². The number of fused-ring (bicyclic) bond motifs is 1. The molecule has 0 amide bonds. The summed E-state index contributed by atoms with van der Waals surface area (Å²) in [5, 5.41) is 2.91. The first kappa shape index (κ1) is 10.7. The topological polar surface area (TPSA) is 17.1 Å². The summed E-state index contributed by atoms with van der Waals surface area (Å²) in [7, 11) is 0. The maximum Gasteiger partial charge on any atom is 0.151 e. The molecule has 2 rings (SSSR count). The lowest BCUT2D eigenvalue weighted by molar-refractivity contribution is 0.112. The summed E-state index contributed by atoms with van der Waals surface area (Å²) in [6, 6.07) is 6.84. The minimum absolute atomic E-state index is 0.410. The van der Waals surface area contributed by atoms with Crippen LogP contribution in [-0.2, 0) is 0 Å². The molecular weight excluding hydrogens is 254 g/mol. The highest BCUT2D eigenvalue weighted by atomic mass is 35.5. The number of aldehydes is 1. The molecule has 0 saturated heterocycles. The average molecular weight is 260 g/mol. The lowest BCUT2D eigenvalue weighted by Crippen LogP contribution is -1.84. The minimum atomic E-state index is 0.410. The van der Waals surface area contributed by atoms with E-state index in [0.717, 1.165) is 10.8 Å². The van der Waals surface area contributed by atoms with Crippen LogP contribution in [0.2, 0.25) is 15.1 Å². The fraction of sp³-hybridized carbons (Fsp3) is 0. The van der Waals surface area contributed by atoms with Gasteiger partial charge in [0.1, 0.15) is 0 Å². The lowest BCUT2D eigenvalue weighted by atomic mass is 10.1. The van der Waals surface area contributed by atoms with Gasteiger partial charge in [0.25, 0.3) is 0 Å². The quantitative estimate of drug-likeness (QED) is 0.683. The maximum atomic E-state index is 10.7. The molecule has 0 heterocycles. The smallest absolute Gasteiger partial charge is 0.151 e. The Morgan fingerprint density at radius 2 is 1.73 bits per heavy atom. The van der Waals surface area contributed by atoms with Gasteiger partial charge in [-0.1, -0.05) is 40.9 Å². The van der Waals surface area contributed by atoms with Gasteiger partial charge in [-0.3, -0.25) is 4.79 Å². The fourth-order valence-corrected chi connectivity index (χ4v) is 2.00. The Bertz CT molecular complexity index is 549. The summed E-state index contributed by atoms with van der Waals surface area (Å²) >= 11 is 17.8. The summed E-state index contributed by atoms with van der Waals surface area (Å²) in [5.41, 5.74) is 0.410. The van der Waals surface area contributed by atoms with E-state index in [0.29, 0.717) is 26.9 Å². The first-order chi connectivity index (χ1) is 7.13. The van der Waals surface area contributed by atoms with Crippen molar-refractivity contribution < 1.29 is 4.79 Å². The van der Waals surface area contributed by atoms with Crippen LogP contribution in [-0.4, -0.2) is 6.29 Å². The van der Waals surface area contributed by atoms with E-state index in [1.807, 2.05) is 6.07 Å². The van der Waals surface area contributed by atoms with Gasteiger partial charge in [0, 0.05) is 10.9 Å². The van der Waals surface area contributed by atoms with Crippen molar-refractivity contribution in [2.75, 3.05) is 0 Å². The van der Waals surface area contributed by atoms with Gasteiger partial charge in [-0.15, -0.1) is 0 Å². The largest absolute Gasteiger partial charge is 0.298 e. The van der Waals surface area contributed by atoms with Gasteiger partial charge in [-0.2, -0.15) is 0 Å². The van der Waals surface area contributed by atoms with Crippen LogP contribution in [0.1, 0.15) is 10.4 Å². The van der Waals surface area contributed by atoms with Gasteiger partial charge in [0.2, 0.25) is 0 Å². The minimum Gasteiger partial charge on any atom is -0.298 e. The highest BCUT2D eigenvalue weighted by molar-refractivity contribution is 6.45. The molecule has 0 N–H and O–H groups in total. The molecule has 0 aliphatic carbocycles. The van der Waals surface area contributed by atoms with Crippen molar-refractivity contribution in [3.05, 3.63) is 44.9 Å². The summed E-state index contributed by atoms with van der Waals surface area (Å²) < 4.78 is 0. The van der Waals surface area contributed by atoms with E-state index in [4.69, 9.17) is 34.8 Å². The van der Waals surface area contributed by atoms with Crippen molar-refractivity contribution in [2.45, 2.75) is 0 Å². The molecule has 0 fully saturated rings. The van der Waals surface area contributed by atoms with Crippen molar-refractivity contribution in [1.82, 2.24) is 0 Å². The number of hydrogen-bond acceptors (Lipinski definition) is 1. The number of rotatable bonds is 1. The van der Waals surface area contributed by atoms with Gasteiger partial charge in [-0.25, -0.2) is 0 Å². The molecule has 0 radical (unpaired) electrons. The number of carbonyl (C=O) groups is 1. The van der Waals surface area contributed by atoms with Gasteiger partial charge in [-0.05, 0) is 23.6 Å². The third-order valence-corrected chi connectivity index (χ3v) is 3.30. The molecule has 0 aromatic heterocycles. The number of hydrogen-bond donors (Lipinski definition) is 0. The third kappa shape index (κ3) is 1.83. The Hall–Kier alpha value is -0.760. The highest BCUT2D eigenvalue weighted by Crippen LogP contribution is 2.33. The molecule has 1 nitrogen and oxygen atoms in total. The molecule has 0 saturated carbocycles. The highest BCUT2D eigenvalue weighted by Gasteiger charge is 2.07. The Balaban J connectivity index is 2.88. The predicted octanol–water partition coefficient (Wildman–Crippen LogP) is 4.61. The van der Waals surface area contributed by atoms with E-state index >= 15 is 0 Å². The lowest BCUT2D eigenvalue weighted by Gasteiger charge is -2.04. The molecule has 0 aliphatic rings. The van der Waals surface area contributed by atoms with Gasteiger partial charge in [0.15, 0.2) is 6.29 Å². The summed E-state index contributed by atoms with van der Waals surface area (Å²) in [6.45, 7) is 0. The monoisotopic (exact) mass is 258 g/mol. The first-order valence-electron chi connectivity index (χ1n) is 4.16. The second-order valence-corrected chi connectivity index (χ2v) is 4.27. The van der Waals surface area contributed by atoms with E-state index in [1.165, 1.54) is 0 Å². The van der Waals surface area contributed by atoms with Crippen LogP contribution in [0.25, 0.3) is 10.8 Å². The maximum absolute atomic E-state index is 10.7. The van der Waals surface area contributed by atoms with Crippen LogP contribution in [0.3, 0.4) is 0 Å². The van der Waals surface area contributed by atoms with Crippen LogP contribution in [0.4, 0.5) is 0 Å². The Kier molecular flexibility index (Phi) is 2.87. The standard InChI is InChI=1S/C11H5Cl3O/c12-9-2-1-6-4-10(13)7(5-15)3-8(6)11(9)14/h1-5H. The normalized spacial score (nSPS) is 10.6. The Labute approximate surface area is 102 Å². The molecule has 2 aromatic rings. The molecule has 76 valence electrons. The fourth-order valence-electron chi connectivity index (χ4n) is 1.39. The van der Waals surface area contributed by atoms with E-state index < -0.39 is 0 Å². The molecule has 0 unspecified atom stereocenters. The van der Waals surface area contributed by atoms with Gasteiger partial charge in [0.05, 0.1) is 15.1 Å². The van der Waals surface area contributed by atoms with Crippen molar-refractivity contribution >= 4 is 51.9 Å². The molecule has 2 aromatic carbocycles. The first-order valence-corrected chi connectivity index (χ1v) is 5.29. The Morgan fingerprint density at radius 3 is 2.40 bits per heavy atom. The zero-order chi connectivity index (χ0) is 11.0. The molecule has 0 atom stereocenters. The van der Waals surface area contributed by atoms with Crippen LogP contribution < -0.4 is 0 Å². The van der Waals surface area contributed by atoms with Gasteiger partial charge < -0.3 is 0 Å². The average Bonchev–Trinajstić information content (AvgIpc) is 2.23. The van der Waals surface area contributed by atoms with E-state index in [-0.39, 0.29) is 0 Å². The van der Waals surface area contributed by atoms with Crippen LogP contribution >= 0.6 is 34.8 Å². The third-order valence-electron chi connectivity index (χ3n) is 2.15. The second-order valence-electron chi connectivity index (χ2n) is 3.07. The van der Waals surface area contributed by atoms with Crippen LogP contribution in [0, 0.1) is 0 Å². The zero-order valence-electron chi connectivity index (χ0n) is 7.43. The molecular formula is C11H5Cl3O. The summed E-state index contributed by atoms with van der Waals surface area (Å²) in [5.74, 6) is 0. The number of benzene rings is 2.